The van der Waals surface area contributed by atoms with Crippen LogP contribution in [-0.4, -0.2) is 24.0 Å². The highest BCUT2D eigenvalue weighted by molar-refractivity contribution is 6.30. The highest BCUT2D eigenvalue weighted by atomic mass is 35.5. The molecule has 1 amide bonds. The molecule has 2 N–H and O–H groups in total. The van der Waals surface area contributed by atoms with Crippen LogP contribution in [0.25, 0.3) is 0 Å². The Labute approximate surface area is 135 Å². The second kappa shape index (κ2) is 8.20. The molecule has 0 aliphatic heterocycles. The molecule has 1 heterocycles. The van der Waals surface area contributed by atoms with Crippen molar-refractivity contribution in [3.05, 3.63) is 71.5 Å². The summed E-state index contributed by atoms with van der Waals surface area (Å²) in [7, 11) is 0. The maximum Gasteiger partial charge on any atom is 0.270 e. The Morgan fingerprint density at radius 3 is 2.64 bits per heavy atom. The van der Waals surface area contributed by atoms with Gasteiger partial charge < -0.3 is 10.6 Å². The normalized spacial score (nSPS) is 10.0. The number of nitrogens with zero attached hydrogens (tertiary/aromatic N) is 1. The molecule has 1 aromatic carbocycles. The van der Waals surface area contributed by atoms with E-state index in [-0.39, 0.29) is 5.91 Å². The van der Waals surface area contributed by atoms with Crippen molar-refractivity contribution in [1.82, 2.24) is 10.3 Å². The Morgan fingerprint density at radius 1 is 1.23 bits per heavy atom. The van der Waals surface area contributed by atoms with Crippen LogP contribution in [0.2, 0.25) is 5.02 Å². The molecular weight excluding hydrogens is 298 g/mol. The third-order valence-electron chi connectivity index (χ3n) is 3.06. The first-order valence-corrected chi connectivity index (χ1v) is 7.40. The molecule has 0 radical (unpaired) electrons. The minimum absolute atomic E-state index is 0.201. The average Bonchev–Trinajstić information content (AvgIpc) is 2.55. The lowest BCUT2D eigenvalue weighted by Gasteiger charge is -2.07. The van der Waals surface area contributed by atoms with Gasteiger partial charge in [-0.2, -0.15) is 0 Å². The van der Waals surface area contributed by atoms with Crippen molar-refractivity contribution < 1.29 is 4.79 Å². The summed E-state index contributed by atoms with van der Waals surface area (Å²) in [6.45, 7) is 4.77. The number of carbonyl (C=O) groups excluding carboxylic acids is 1. The fraction of sp³-hybridized carbons (Fsp3) is 0.176. The van der Waals surface area contributed by atoms with E-state index < -0.39 is 0 Å². The predicted molar refractivity (Wildman–Crippen MR) is 90.4 cm³/mol. The number of aromatic nitrogens is 1. The van der Waals surface area contributed by atoms with Crippen molar-refractivity contribution in [2.45, 2.75) is 6.42 Å². The van der Waals surface area contributed by atoms with E-state index >= 15 is 0 Å². The van der Waals surface area contributed by atoms with Crippen LogP contribution in [0.4, 0.5) is 5.69 Å². The van der Waals surface area contributed by atoms with Gasteiger partial charge in [-0.15, -0.1) is 6.58 Å². The third-order valence-corrected chi connectivity index (χ3v) is 3.31. The van der Waals surface area contributed by atoms with Gasteiger partial charge in [-0.05, 0) is 36.2 Å². The lowest BCUT2D eigenvalue weighted by atomic mass is 10.1. The van der Waals surface area contributed by atoms with Crippen LogP contribution < -0.4 is 10.6 Å². The second-order valence-electron chi connectivity index (χ2n) is 4.73. The topological polar surface area (TPSA) is 54.0 Å². The van der Waals surface area contributed by atoms with E-state index in [0.29, 0.717) is 12.2 Å². The Kier molecular flexibility index (Phi) is 5.98. The summed E-state index contributed by atoms with van der Waals surface area (Å²) >= 11 is 5.85. The van der Waals surface area contributed by atoms with E-state index in [0.717, 1.165) is 23.7 Å². The highest BCUT2D eigenvalue weighted by Gasteiger charge is 2.05. The molecular formula is C17H18ClN3O. The molecule has 0 spiro atoms. The van der Waals surface area contributed by atoms with E-state index in [2.05, 4.69) is 22.2 Å². The Balaban J connectivity index is 1.82. The molecule has 114 valence electrons. The molecule has 0 bridgehead atoms. The largest absolute Gasteiger partial charge is 0.383 e. The molecule has 0 saturated carbocycles. The van der Waals surface area contributed by atoms with E-state index in [1.165, 1.54) is 5.56 Å². The van der Waals surface area contributed by atoms with Gasteiger partial charge in [-0.25, -0.2) is 4.98 Å². The average molecular weight is 316 g/mol. The first kappa shape index (κ1) is 16.0. The molecule has 2 aromatic rings. The van der Waals surface area contributed by atoms with Crippen LogP contribution in [-0.2, 0) is 6.42 Å². The van der Waals surface area contributed by atoms with Gasteiger partial charge in [-0.3, -0.25) is 4.79 Å². The van der Waals surface area contributed by atoms with Crippen molar-refractivity contribution in [2.24, 2.45) is 0 Å². The summed E-state index contributed by atoms with van der Waals surface area (Å²) in [6.07, 6.45) is 4.17. The molecule has 2 rings (SSSR count). The Bertz CT molecular complexity index is 623. The van der Waals surface area contributed by atoms with E-state index in [9.17, 15) is 4.79 Å². The van der Waals surface area contributed by atoms with Crippen LogP contribution in [0.15, 0.2) is 55.3 Å². The van der Waals surface area contributed by atoms with Gasteiger partial charge in [0.05, 0.1) is 11.9 Å². The summed E-state index contributed by atoms with van der Waals surface area (Å²) in [5.41, 5.74) is 2.49. The molecule has 0 saturated heterocycles. The summed E-state index contributed by atoms with van der Waals surface area (Å²) in [5, 5.41) is 6.70. The third kappa shape index (κ3) is 4.90. The van der Waals surface area contributed by atoms with Gasteiger partial charge in [0.25, 0.3) is 5.91 Å². The van der Waals surface area contributed by atoms with Crippen LogP contribution in [0.5, 0.6) is 0 Å². The summed E-state index contributed by atoms with van der Waals surface area (Å²) < 4.78 is 0. The van der Waals surface area contributed by atoms with Gasteiger partial charge in [0.15, 0.2) is 0 Å². The monoisotopic (exact) mass is 315 g/mol. The number of nitrogens with one attached hydrogen (secondary N) is 2. The van der Waals surface area contributed by atoms with Crippen molar-refractivity contribution in [3.63, 3.8) is 0 Å². The smallest absolute Gasteiger partial charge is 0.270 e. The lowest BCUT2D eigenvalue weighted by molar-refractivity contribution is 0.0953. The minimum atomic E-state index is -0.201. The van der Waals surface area contributed by atoms with Gasteiger partial charge in [0.1, 0.15) is 5.69 Å². The molecule has 0 aliphatic carbocycles. The zero-order valence-corrected chi connectivity index (χ0v) is 12.9. The van der Waals surface area contributed by atoms with Crippen molar-refractivity contribution >= 4 is 23.2 Å². The SMILES string of the molecule is C=CCNC(=O)c1ccc(NCCc2ccc(Cl)cc2)cn1. The van der Waals surface area contributed by atoms with Gasteiger partial charge in [0.2, 0.25) is 0 Å². The molecule has 22 heavy (non-hydrogen) atoms. The number of pyridine rings is 1. The first-order valence-electron chi connectivity index (χ1n) is 7.02. The van der Waals surface area contributed by atoms with Gasteiger partial charge in [0, 0.05) is 18.1 Å². The van der Waals surface area contributed by atoms with Gasteiger partial charge in [-0.1, -0.05) is 29.8 Å². The molecule has 1 aromatic heterocycles. The number of hydrogen-bond acceptors (Lipinski definition) is 3. The van der Waals surface area contributed by atoms with Crippen molar-refractivity contribution in [3.8, 4) is 0 Å². The lowest BCUT2D eigenvalue weighted by Crippen LogP contribution is -2.24. The number of carbonyl (C=O) groups is 1. The summed E-state index contributed by atoms with van der Waals surface area (Å²) in [5.74, 6) is -0.201. The molecule has 5 heteroatoms. The van der Waals surface area contributed by atoms with Crippen LogP contribution in [0.3, 0.4) is 0 Å². The Hall–Kier alpha value is -2.33. The van der Waals surface area contributed by atoms with E-state index in [4.69, 9.17) is 11.6 Å². The molecule has 0 atom stereocenters. The number of rotatable bonds is 7. The fourth-order valence-electron chi connectivity index (χ4n) is 1.89. The first-order chi connectivity index (χ1) is 10.7. The second-order valence-corrected chi connectivity index (χ2v) is 5.17. The summed E-state index contributed by atoms with van der Waals surface area (Å²) in [4.78, 5) is 15.8. The maximum absolute atomic E-state index is 11.7. The summed E-state index contributed by atoms with van der Waals surface area (Å²) in [6, 6.07) is 11.3. The fourth-order valence-corrected chi connectivity index (χ4v) is 2.02. The zero-order chi connectivity index (χ0) is 15.8. The van der Waals surface area contributed by atoms with E-state index in [1.54, 1.807) is 18.3 Å². The van der Waals surface area contributed by atoms with Crippen LogP contribution >= 0.6 is 11.6 Å². The molecule has 4 nitrogen and oxygen atoms in total. The zero-order valence-electron chi connectivity index (χ0n) is 12.2. The standard InChI is InChI=1S/C17H18ClN3O/c1-2-10-20-17(22)16-8-7-15(12-21-16)19-11-9-13-3-5-14(18)6-4-13/h2-8,12,19H,1,9-11H2,(H,20,22). The number of hydrogen-bond donors (Lipinski definition) is 2. The van der Waals surface area contributed by atoms with Crippen LogP contribution in [0.1, 0.15) is 16.1 Å². The van der Waals surface area contributed by atoms with Crippen molar-refractivity contribution in [2.75, 3.05) is 18.4 Å². The number of anilines is 1. The minimum Gasteiger partial charge on any atom is -0.383 e. The quantitative estimate of drug-likeness (QED) is 0.771. The van der Waals surface area contributed by atoms with E-state index in [1.807, 2.05) is 30.3 Å². The van der Waals surface area contributed by atoms with Gasteiger partial charge >= 0.3 is 0 Å². The maximum atomic E-state index is 11.7. The van der Waals surface area contributed by atoms with Crippen molar-refractivity contribution in [1.29, 1.82) is 0 Å². The molecule has 0 aliphatic rings. The molecule has 0 fully saturated rings. The van der Waals surface area contributed by atoms with Crippen LogP contribution in [0, 0.1) is 0 Å². The molecule has 0 unspecified atom stereocenters. The number of amides is 1. The predicted octanol–water partition coefficient (Wildman–Crippen LogP) is 3.31. The number of halogens is 1. The Morgan fingerprint density at radius 2 is 2.00 bits per heavy atom. The number of benzene rings is 1. The highest BCUT2D eigenvalue weighted by Crippen LogP contribution is 2.11.